The number of aryl methyl sites for hydroxylation is 2. The second-order valence-corrected chi connectivity index (χ2v) is 7.99. The molecule has 2 aromatic rings. The lowest BCUT2D eigenvalue weighted by molar-refractivity contribution is 0.0383. The lowest BCUT2D eigenvalue weighted by Crippen LogP contribution is -2.47. The molecule has 0 heterocycles. The molecule has 29 heavy (non-hydrogen) atoms. The lowest BCUT2D eigenvalue weighted by atomic mass is 10.00. The van der Waals surface area contributed by atoms with Crippen molar-refractivity contribution < 1.29 is 14.6 Å². The number of ether oxygens (including phenoxy) is 1. The average molecular weight is 397 g/mol. The Morgan fingerprint density at radius 1 is 1.17 bits per heavy atom. The van der Waals surface area contributed by atoms with Crippen LogP contribution in [0.2, 0.25) is 0 Å². The second kappa shape index (κ2) is 9.23. The van der Waals surface area contributed by atoms with Crippen LogP contribution in [0.1, 0.15) is 60.3 Å². The van der Waals surface area contributed by atoms with Gasteiger partial charge in [-0.3, -0.25) is 4.79 Å². The van der Waals surface area contributed by atoms with E-state index in [0.717, 1.165) is 34.4 Å². The standard InChI is InChI=1S/C24H32N2O3/c1-8-20-21(10-9-11-22(20)29-7)18(4)25-26(24(5,6)15-27)23(28)19-13-16(2)12-17(3)14-19/h9-14,27H,8,15H2,1-7H3. The van der Waals surface area contributed by atoms with Gasteiger partial charge in [0.05, 0.1) is 25.0 Å². The molecule has 0 aliphatic carbocycles. The van der Waals surface area contributed by atoms with Crippen molar-refractivity contribution in [3.8, 4) is 5.75 Å². The molecule has 0 atom stereocenters. The highest BCUT2D eigenvalue weighted by Crippen LogP contribution is 2.25. The molecule has 1 amide bonds. The number of carbonyl (C=O) groups is 1. The Balaban J connectivity index is 2.58. The number of hydrogen-bond acceptors (Lipinski definition) is 4. The van der Waals surface area contributed by atoms with E-state index in [1.54, 1.807) is 21.0 Å². The third kappa shape index (κ3) is 5.04. The van der Waals surface area contributed by atoms with Crippen LogP contribution in [-0.4, -0.2) is 41.0 Å². The number of methoxy groups -OCH3 is 1. The molecule has 5 heteroatoms. The smallest absolute Gasteiger partial charge is 0.274 e. The Bertz CT molecular complexity index is 896. The average Bonchev–Trinajstić information content (AvgIpc) is 2.69. The summed E-state index contributed by atoms with van der Waals surface area (Å²) in [6.07, 6.45) is 0.778. The highest BCUT2D eigenvalue weighted by atomic mass is 16.5. The molecule has 0 spiro atoms. The highest BCUT2D eigenvalue weighted by Gasteiger charge is 2.32. The summed E-state index contributed by atoms with van der Waals surface area (Å²) in [4.78, 5) is 13.4. The van der Waals surface area contributed by atoms with Gasteiger partial charge in [0.15, 0.2) is 0 Å². The van der Waals surface area contributed by atoms with Crippen LogP contribution >= 0.6 is 0 Å². The van der Waals surface area contributed by atoms with Crippen molar-refractivity contribution in [2.75, 3.05) is 13.7 Å². The van der Waals surface area contributed by atoms with Gasteiger partial charge in [0.25, 0.3) is 5.91 Å². The second-order valence-electron chi connectivity index (χ2n) is 7.99. The van der Waals surface area contributed by atoms with Crippen LogP contribution in [0.4, 0.5) is 0 Å². The van der Waals surface area contributed by atoms with E-state index in [4.69, 9.17) is 9.84 Å². The van der Waals surface area contributed by atoms with E-state index < -0.39 is 5.54 Å². The molecule has 0 bridgehead atoms. The minimum Gasteiger partial charge on any atom is -0.496 e. The molecule has 0 aromatic heterocycles. The van der Waals surface area contributed by atoms with Crippen molar-refractivity contribution >= 4 is 11.6 Å². The summed E-state index contributed by atoms with van der Waals surface area (Å²) in [7, 11) is 1.65. The van der Waals surface area contributed by atoms with E-state index in [1.807, 2.05) is 57.2 Å². The quantitative estimate of drug-likeness (QED) is 0.553. The molecule has 2 rings (SSSR count). The molecule has 0 radical (unpaired) electrons. The normalized spacial score (nSPS) is 12.1. The first-order valence-electron chi connectivity index (χ1n) is 9.89. The molecule has 0 fully saturated rings. The maximum atomic E-state index is 13.4. The summed E-state index contributed by atoms with van der Waals surface area (Å²) in [6, 6.07) is 11.5. The Hall–Kier alpha value is -2.66. The van der Waals surface area contributed by atoms with E-state index >= 15 is 0 Å². The van der Waals surface area contributed by atoms with Gasteiger partial charge in [-0.1, -0.05) is 36.2 Å². The Kier molecular flexibility index (Phi) is 7.20. The summed E-state index contributed by atoms with van der Waals surface area (Å²) in [5.74, 6) is 0.560. The maximum Gasteiger partial charge on any atom is 0.274 e. The molecule has 156 valence electrons. The van der Waals surface area contributed by atoms with Gasteiger partial charge in [0, 0.05) is 16.7 Å². The molecular formula is C24H32N2O3. The first-order valence-corrected chi connectivity index (χ1v) is 9.89. The van der Waals surface area contributed by atoms with Crippen molar-refractivity contribution in [3.63, 3.8) is 0 Å². The van der Waals surface area contributed by atoms with E-state index in [-0.39, 0.29) is 12.5 Å². The predicted octanol–water partition coefficient (Wildman–Crippen LogP) is 4.51. The third-order valence-electron chi connectivity index (χ3n) is 4.97. The summed E-state index contributed by atoms with van der Waals surface area (Å²) >= 11 is 0. The Morgan fingerprint density at radius 2 is 1.79 bits per heavy atom. The number of hydrogen-bond donors (Lipinski definition) is 1. The van der Waals surface area contributed by atoms with Crippen molar-refractivity contribution in [1.29, 1.82) is 0 Å². The van der Waals surface area contributed by atoms with Crippen LogP contribution in [0.3, 0.4) is 0 Å². The summed E-state index contributed by atoms with van der Waals surface area (Å²) in [6.45, 7) is 11.3. The zero-order chi connectivity index (χ0) is 21.8. The summed E-state index contributed by atoms with van der Waals surface area (Å²) < 4.78 is 5.49. The first kappa shape index (κ1) is 22.6. The van der Waals surface area contributed by atoms with Gasteiger partial charge in [-0.25, -0.2) is 5.01 Å². The minimum atomic E-state index is -0.860. The zero-order valence-corrected chi connectivity index (χ0v) is 18.5. The van der Waals surface area contributed by atoms with Crippen molar-refractivity contribution in [2.24, 2.45) is 5.10 Å². The molecule has 2 aromatic carbocycles. The number of rotatable bonds is 7. The van der Waals surface area contributed by atoms with Crippen LogP contribution in [-0.2, 0) is 6.42 Å². The number of carbonyl (C=O) groups excluding carboxylic acids is 1. The SMILES string of the molecule is CCc1c(OC)cccc1C(C)=NN(C(=O)c1cc(C)cc(C)c1)C(C)(C)CO. The van der Waals surface area contributed by atoms with E-state index in [9.17, 15) is 9.90 Å². The molecule has 0 unspecified atom stereocenters. The van der Waals surface area contributed by atoms with Gasteiger partial charge in [-0.2, -0.15) is 5.10 Å². The topological polar surface area (TPSA) is 62.1 Å². The van der Waals surface area contributed by atoms with E-state index in [2.05, 4.69) is 6.92 Å². The van der Waals surface area contributed by atoms with Gasteiger partial charge in [0.2, 0.25) is 0 Å². The predicted molar refractivity (Wildman–Crippen MR) is 118 cm³/mol. The fourth-order valence-corrected chi connectivity index (χ4v) is 3.41. The molecule has 0 aliphatic heterocycles. The van der Waals surface area contributed by atoms with E-state index in [0.29, 0.717) is 11.3 Å². The largest absolute Gasteiger partial charge is 0.496 e. The number of nitrogens with zero attached hydrogens (tertiary/aromatic N) is 2. The van der Waals surface area contributed by atoms with Crippen molar-refractivity contribution in [2.45, 2.75) is 53.5 Å². The Labute approximate surface area is 174 Å². The van der Waals surface area contributed by atoms with Gasteiger partial charge < -0.3 is 9.84 Å². The fraction of sp³-hybridized carbons (Fsp3) is 0.417. The number of hydrazone groups is 1. The molecule has 0 saturated heterocycles. The van der Waals surface area contributed by atoms with Crippen LogP contribution in [0, 0.1) is 13.8 Å². The lowest BCUT2D eigenvalue weighted by Gasteiger charge is -2.33. The zero-order valence-electron chi connectivity index (χ0n) is 18.5. The maximum absolute atomic E-state index is 13.4. The first-order chi connectivity index (χ1) is 13.6. The van der Waals surface area contributed by atoms with Crippen LogP contribution < -0.4 is 4.74 Å². The monoisotopic (exact) mass is 396 g/mol. The number of amides is 1. The minimum absolute atomic E-state index is 0.209. The summed E-state index contributed by atoms with van der Waals surface area (Å²) in [5.41, 5.74) is 4.38. The molecular weight excluding hydrogens is 364 g/mol. The molecule has 5 nitrogen and oxygen atoms in total. The van der Waals surface area contributed by atoms with Crippen LogP contribution in [0.15, 0.2) is 41.5 Å². The third-order valence-corrected chi connectivity index (χ3v) is 4.97. The van der Waals surface area contributed by atoms with Gasteiger partial charge in [-0.05, 0) is 59.2 Å². The Morgan fingerprint density at radius 3 is 2.31 bits per heavy atom. The van der Waals surface area contributed by atoms with Gasteiger partial charge in [-0.15, -0.1) is 0 Å². The fourth-order valence-electron chi connectivity index (χ4n) is 3.41. The number of benzene rings is 2. The van der Waals surface area contributed by atoms with E-state index in [1.165, 1.54) is 5.01 Å². The van der Waals surface area contributed by atoms with Crippen LogP contribution in [0.5, 0.6) is 5.75 Å². The van der Waals surface area contributed by atoms with Crippen molar-refractivity contribution in [3.05, 3.63) is 64.2 Å². The highest BCUT2D eigenvalue weighted by molar-refractivity contribution is 6.02. The van der Waals surface area contributed by atoms with Crippen molar-refractivity contribution in [1.82, 2.24) is 5.01 Å². The van der Waals surface area contributed by atoms with Crippen LogP contribution in [0.25, 0.3) is 0 Å². The molecule has 0 saturated carbocycles. The molecule has 0 aliphatic rings. The molecule has 1 N–H and O–H groups in total. The number of aliphatic hydroxyl groups is 1. The number of aliphatic hydroxyl groups excluding tert-OH is 1. The van der Waals surface area contributed by atoms with Gasteiger partial charge >= 0.3 is 0 Å². The van der Waals surface area contributed by atoms with Gasteiger partial charge in [0.1, 0.15) is 5.75 Å². The summed E-state index contributed by atoms with van der Waals surface area (Å²) in [5, 5.41) is 16.0.